The number of hydrogen-bond acceptors (Lipinski definition) is 4. The highest BCUT2D eigenvalue weighted by Gasteiger charge is 2.21. The Morgan fingerprint density at radius 2 is 2.06 bits per heavy atom. The second-order valence-corrected chi connectivity index (χ2v) is 2.91. The Morgan fingerprint density at radius 1 is 1.38 bits per heavy atom. The summed E-state index contributed by atoms with van der Waals surface area (Å²) in [5.41, 5.74) is -0.183. The van der Waals surface area contributed by atoms with Gasteiger partial charge >= 0.3 is 11.9 Å². The Labute approximate surface area is 92.6 Å². The van der Waals surface area contributed by atoms with Crippen molar-refractivity contribution < 1.29 is 24.2 Å². The summed E-state index contributed by atoms with van der Waals surface area (Å²) in [6.45, 7) is 2.06. The third kappa shape index (κ3) is 2.31. The van der Waals surface area contributed by atoms with Crippen LogP contribution in [0.5, 0.6) is 5.75 Å². The van der Waals surface area contributed by atoms with Gasteiger partial charge < -0.3 is 14.6 Å². The van der Waals surface area contributed by atoms with Crippen molar-refractivity contribution in [2.24, 2.45) is 0 Å². The van der Waals surface area contributed by atoms with E-state index in [0.717, 1.165) is 0 Å². The molecule has 0 saturated carbocycles. The van der Waals surface area contributed by atoms with Gasteiger partial charge in [-0.3, -0.25) is 0 Å². The van der Waals surface area contributed by atoms with E-state index in [-0.39, 0.29) is 16.9 Å². The van der Waals surface area contributed by atoms with Crippen LogP contribution in [0.4, 0.5) is 0 Å². The summed E-state index contributed by atoms with van der Waals surface area (Å²) in [5.74, 6) is -1.75. The smallest absolute Gasteiger partial charge is 0.340 e. The van der Waals surface area contributed by atoms with Crippen molar-refractivity contribution in [1.29, 1.82) is 0 Å². The van der Waals surface area contributed by atoms with Crippen molar-refractivity contribution in [3.8, 4) is 5.75 Å². The number of carboxylic acid groups (broad SMARTS) is 1. The number of carboxylic acids is 1. The van der Waals surface area contributed by atoms with Gasteiger partial charge in [-0.2, -0.15) is 0 Å². The standard InChI is InChI=1S/C11H12O5/c1-3-16-8-6-4-5-7(11(14)15-2)9(8)10(12)13/h4-6H,3H2,1-2H3,(H,12,13). The minimum absolute atomic E-state index is 0.0130. The van der Waals surface area contributed by atoms with Crippen LogP contribution in [-0.2, 0) is 4.74 Å². The third-order valence-electron chi connectivity index (χ3n) is 1.95. The number of rotatable bonds is 4. The predicted molar refractivity (Wildman–Crippen MR) is 55.9 cm³/mol. The van der Waals surface area contributed by atoms with Crippen LogP contribution >= 0.6 is 0 Å². The Hall–Kier alpha value is -2.04. The van der Waals surface area contributed by atoms with Gasteiger partial charge in [0.05, 0.1) is 19.3 Å². The van der Waals surface area contributed by atoms with Crippen LogP contribution in [0.1, 0.15) is 27.6 Å². The van der Waals surface area contributed by atoms with E-state index in [9.17, 15) is 9.59 Å². The van der Waals surface area contributed by atoms with Crippen LogP contribution in [0.25, 0.3) is 0 Å². The van der Waals surface area contributed by atoms with E-state index in [1.165, 1.54) is 19.2 Å². The molecule has 0 atom stereocenters. The van der Waals surface area contributed by atoms with E-state index >= 15 is 0 Å². The highest BCUT2D eigenvalue weighted by molar-refractivity contribution is 6.04. The first-order valence-corrected chi connectivity index (χ1v) is 4.69. The fourth-order valence-corrected chi connectivity index (χ4v) is 1.31. The van der Waals surface area contributed by atoms with Gasteiger partial charge in [0.1, 0.15) is 11.3 Å². The Bertz CT molecular complexity index is 411. The normalized spacial score (nSPS) is 9.62. The SMILES string of the molecule is CCOc1cccc(C(=O)OC)c1C(=O)O. The largest absolute Gasteiger partial charge is 0.493 e. The van der Waals surface area contributed by atoms with Crippen LogP contribution in [0.15, 0.2) is 18.2 Å². The number of carbonyl (C=O) groups excluding carboxylic acids is 1. The van der Waals surface area contributed by atoms with Gasteiger partial charge in [-0.25, -0.2) is 9.59 Å². The summed E-state index contributed by atoms with van der Waals surface area (Å²) >= 11 is 0. The zero-order chi connectivity index (χ0) is 12.1. The molecule has 0 aliphatic carbocycles. The summed E-state index contributed by atoms with van der Waals surface area (Å²) in [6, 6.07) is 4.43. The fraction of sp³-hybridized carbons (Fsp3) is 0.273. The van der Waals surface area contributed by atoms with E-state index in [4.69, 9.17) is 9.84 Å². The predicted octanol–water partition coefficient (Wildman–Crippen LogP) is 1.57. The summed E-state index contributed by atoms with van der Waals surface area (Å²) in [5, 5.41) is 9.03. The fourth-order valence-electron chi connectivity index (χ4n) is 1.31. The molecule has 5 nitrogen and oxygen atoms in total. The third-order valence-corrected chi connectivity index (χ3v) is 1.95. The van der Waals surface area contributed by atoms with E-state index < -0.39 is 11.9 Å². The molecule has 0 heterocycles. The molecule has 0 aromatic heterocycles. The maximum absolute atomic E-state index is 11.4. The quantitative estimate of drug-likeness (QED) is 0.786. The van der Waals surface area contributed by atoms with Crippen molar-refractivity contribution in [1.82, 2.24) is 0 Å². The molecule has 1 aromatic carbocycles. The van der Waals surface area contributed by atoms with Crippen LogP contribution in [0, 0.1) is 0 Å². The second kappa shape index (κ2) is 5.16. The lowest BCUT2D eigenvalue weighted by Crippen LogP contribution is -2.12. The molecule has 0 radical (unpaired) electrons. The lowest BCUT2D eigenvalue weighted by Gasteiger charge is -2.10. The molecule has 0 aliphatic heterocycles. The molecule has 1 aromatic rings. The van der Waals surface area contributed by atoms with Gasteiger partial charge in [-0.1, -0.05) is 6.07 Å². The monoisotopic (exact) mass is 224 g/mol. The van der Waals surface area contributed by atoms with Gasteiger partial charge in [-0.15, -0.1) is 0 Å². The van der Waals surface area contributed by atoms with Crippen LogP contribution in [-0.4, -0.2) is 30.8 Å². The highest BCUT2D eigenvalue weighted by Crippen LogP contribution is 2.23. The molecule has 1 rings (SSSR count). The van der Waals surface area contributed by atoms with E-state index in [1.54, 1.807) is 13.0 Å². The number of aromatic carboxylic acids is 1. The minimum Gasteiger partial charge on any atom is -0.493 e. The molecular weight excluding hydrogens is 212 g/mol. The summed E-state index contributed by atoms with van der Waals surface area (Å²) in [4.78, 5) is 22.4. The topological polar surface area (TPSA) is 72.8 Å². The molecule has 0 spiro atoms. The van der Waals surface area contributed by atoms with Crippen molar-refractivity contribution >= 4 is 11.9 Å². The Kier molecular flexibility index (Phi) is 3.88. The summed E-state index contributed by atoms with van der Waals surface area (Å²) in [6.07, 6.45) is 0. The molecule has 0 unspecified atom stereocenters. The number of methoxy groups -OCH3 is 1. The lowest BCUT2D eigenvalue weighted by atomic mass is 10.1. The van der Waals surface area contributed by atoms with Crippen molar-refractivity contribution in [2.45, 2.75) is 6.92 Å². The first-order chi connectivity index (χ1) is 7.61. The molecule has 0 amide bonds. The Balaban J connectivity index is 3.32. The number of ether oxygens (including phenoxy) is 2. The highest BCUT2D eigenvalue weighted by atomic mass is 16.5. The maximum atomic E-state index is 11.4. The number of benzene rings is 1. The number of hydrogen-bond donors (Lipinski definition) is 1. The number of esters is 1. The average Bonchev–Trinajstić information content (AvgIpc) is 2.27. The summed E-state index contributed by atoms with van der Waals surface area (Å²) < 4.78 is 9.65. The first kappa shape index (κ1) is 12.0. The number of carbonyl (C=O) groups is 2. The van der Waals surface area contributed by atoms with Crippen LogP contribution in [0.2, 0.25) is 0 Å². The van der Waals surface area contributed by atoms with Gasteiger partial charge in [0.2, 0.25) is 0 Å². The first-order valence-electron chi connectivity index (χ1n) is 4.69. The van der Waals surface area contributed by atoms with Gasteiger partial charge in [0.25, 0.3) is 0 Å². The minimum atomic E-state index is -1.22. The zero-order valence-corrected chi connectivity index (χ0v) is 9.02. The molecule has 0 saturated heterocycles. The Morgan fingerprint density at radius 3 is 2.56 bits per heavy atom. The maximum Gasteiger partial charge on any atom is 0.340 e. The van der Waals surface area contributed by atoms with Crippen molar-refractivity contribution in [3.05, 3.63) is 29.3 Å². The molecule has 5 heteroatoms. The van der Waals surface area contributed by atoms with Gasteiger partial charge in [-0.05, 0) is 19.1 Å². The van der Waals surface area contributed by atoms with Crippen LogP contribution in [0.3, 0.4) is 0 Å². The van der Waals surface area contributed by atoms with Gasteiger partial charge in [0.15, 0.2) is 0 Å². The average molecular weight is 224 g/mol. The van der Waals surface area contributed by atoms with E-state index in [1.807, 2.05) is 0 Å². The van der Waals surface area contributed by atoms with E-state index in [0.29, 0.717) is 6.61 Å². The van der Waals surface area contributed by atoms with Crippen LogP contribution < -0.4 is 4.74 Å². The summed E-state index contributed by atoms with van der Waals surface area (Å²) in [7, 11) is 1.20. The van der Waals surface area contributed by atoms with Gasteiger partial charge in [0, 0.05) is 0 Å². The van der Waals surface area contributed by atoms with Crippen molar-refractivity contribution in [3.63, 3.8) is 0 Å². The molecular formula is C11H12O5. The van der Waals surface area contributed by atoms with E-state index in [2.05, 4.69) is 4.74 Å². The molecule has 16 heavy (non-hydrogen) atoms. The molecule has 0 aliphatic rings. The van der Waals surface area contributed by atoms with Crippen molar-refractivity contribution in [2.75, 3.05) is 13.7 Å². The molecule has 1 N–H and O–H groups in total. The zero-order valence-electron chi connectivity index (χ0n) is 9.02. The lowest BCUT2D eigenvalue weighted by molar-refractivity contribution is 0.0580. The molecule has 0 fully saturated rings. The molecule has 86 valence electrons. The second-order valence-electron chi connectivity index (χ2n) is 2.91. The molecule has 0 bridgehead atoms.